The molecule has 2 N–H and O–H groups in total. The zero-order chi connectivity index (χ0) is 15.2. The fourth-order valence-corrected chi connectivity index (χ4v) is 3.54. The topological polar surface area (TPSA) is 54.0 Å². The number of urea groups is 1. The van der Waals surface area contributed by atoms with Crippen molar-refractivity contribution >= 4 is 17.4 Å². The second kappa shape index (κ2) is 7.40. The number of pyridine rings is 1. The molecule has 22 heavy (non-hydrogen) atoms. The molecule has 1 saturated carbocycles. The molecule has 0 bridgehead atoms. The van der Waals surface area contributed by atoms with E-state index < -0.39 is 0 Å². The van der Waals surface area contributed by atoms with Crippen molar-refractivity contribution in [2.24, 2.45) is 0 Å². The highest BCUT2D eigenvalue weighted by Crippen LogP contribution is 2.23. The summed E-state index contributed by atoms with van der Waals surface area (Å²) in [5.41, 5.74) is 3.09. The maximum Gasteiger partial charge on any atom is 0.315 e. The summed E-state index contributed by atoms with van der Waals surface area (Å²) in [6.45, 7) is 0.498. The Hall–Kier alpha value is -1.88. The fraction of sp³-hybridized carbons (Fsp3) is 0.412. The molecule has 1 aliphatic rings. The number of hydrogen-bond acceptors (Lipinski definition) is 3. The van der Waals surface area contributed by atoms with Crippen LogP contribution in [0.15, 0.2) is 35.2 Å². The molecule has 0 radical (unpaired) electrons. The van der Waals surface area contributed by atoms with E-state index in [1.54, 1.807) is 17.5 Å². The molecular weight excluding hydrogens is 294 g/mol. The van der Waals surface area contributed by atoms with Crippen molar-refractivity contribution in [3.05, 3.63) is 40.7 Å². The summed E-state index contributed by atoms with van der Waals surface area (Å²) >= 11 is 1.65. The van der Waals surface area contributed by atoms with Crippen molar-refractivity contribution in [1.29, 1.82) is 0 Å². The molecule has 2 aromatic rings. The predicted molar refractivity (Wildman–Crippen MR) is 89.8 cm³/mol. The van der Waals surface area contributed by atoms with Gasteiger partial charge in [0.1, 0.15) is 0 Å². The van der Waals surface area contributed by atoms with Gasteiger partial charge >= 0.3 is 6.03 Å². The number of hydrogen-bond donors (Lipinski definition) is 2. The molecule has 3 rings (SSSR count). The second-order valence-electron chi connectivity index (χ2n) is 5.69. The van der Waals surface area contributed by atoms with Crippen LogP contribution in [0, 0.1) is 0 Å². The Morgan fingerprint density at radius 1 is 1.27 bits per heavy atom. The van der Waals surface area contributed by atoms with Gasteiger partial charge < -0.3 is 10.6 Å². The molecule has 0 aliphatic heterocycles. The van der Waals surface area contributed by atoms with Crippen molar-refractivity contribution in [2.45, 2.75) is 44.7 Å². The van der Waals surface area contributed by atoms with E-state index in [-0.39, 0.29) is 6.03 Å². The Labute approximate surface area is 135 Å². The Bertz CT molecular complexity index is 606. The average molecular weight is 315 g/mol. The summed E-state index contributed by atoms with van der Waals surface area (Å²) < 4.78 is 0. The van der Waals surface area contributed by atoms with Gasteiger partial charge in [-0.05, 0) is 35.9 Å². The van der Waals surface area contributed by atoms with Gasteiger partial charge in [0.15, 0.2) is 0 Å². The number of rotatable bonds is 4. The van der Waals surface area contributed by atoms with Gasteiger partial charge in [-0.1, -0.05) is 25.3 Å². The maximum absolute atomic E-state index is 12.0. The molecule has 1 fully saturated rings. The maximum atomic E-state index is 12.0. The van der Waals surface area contributed by atoms with Gasteiger partial charge in [-0.25, -0.2) is 4.79 Å². The fourth-order valence-electron chi connectivity index (χ4n) is 2.90. The third-order valence-electron chi connectivity index (χ3n) is 4.07. The first-order valence-electron chi connectivity index (χ1n) is 7.84. The second-order valence-corrected chi connectivity index (χ2v) is 6.47. The lowest BCUT2D eigenvalue weighted by Gasteiger charge is -2.23. The van der Waals surface area contributed by atoms with E-state index in [1.807, 2.05) is 17.5 Å². The molecule has 0 unspecified atom stereocenters. The zero-order valence-corrected chi connectivity index (χ0v) is 13.4. The third kappa shape index (κ3) is 3.85. The van der Waals surface area contributed by atoms with Crippen molar-refractivity contribution in [1.82, 2.24) is 15.6 Å². The lowest BCUT2D eigenvalue weighted by atomic mass is 9.96. The van der Waals surface area contributed by atoms with Gasteiger partial charge in [-0.3, -0.25) is 4.98 Å². The highest BCUT2D eigenvalue weighted by atomic mass is 32.1. The van der Waals surface area contributed by atoms with Crippen LogP contribution in [-0.4, -0.2) is 17.1 Å². The van der Waals surface area contributed by atoms with Crippen molar-refractivity contribution in [3.63, 3.8) is 0 Å². The van der Waals surface area contributed by atoms with E-state index >= 15 is 0 Å². The van der Waals surface area contributed by atoms with Crippen molar-refractivity contribution < 1.29 is 4.79 Å². The van der Waals surface area contributed by atoms with Crippen LogP contribution in [0.3, 0.4) is 0 Å². The molecule has 0 spiro atoms. The first kappa shape index (κ1) is 15.0. The van der Waals surface area contributed by atoms with Crippen LogP contribution in [0.1, 0.15) is 37.7 Å². The predicted octanol–water partition coefficient (Wildman–Crippen LogP) is 3.94. The van der Waals surface area contributed by atoms with E-state index in [0.717, 1.165) is 29.7 Å². The molecule has 2 amide bonds. The summed E-state index contributed by atoms with van der Waals surface area (Å²) in [5.74, 6) is 0. The summed E-state index contributed by atoms with van der Waals surface area (Å²) in [6.07, 6.45) is 7.71. The normalized spacial score (nSPS) is 15.5. The van der Waals surface area contributed by atoms with Crippen LogP contribution in [-0.2, 0) is 6.54 Å². The van der Waals surface area contributed by atoms with E-state index in [4.69, 9.17) is 0 Å². The Kier molecular flexibility index (Phi) is 5.06. The van der Waals surface area contributed by atoms with E-state index in [1.165, 1.54) is 19.3 Å². The van der Waals surface area contributed by atoms with Gasteiger partial charge in [0.05, 0.1) is 5.69 Å². The van der Waals surface area contributed by atoms with E-state index in [2.05, 4.69) is 27.1 Å². The van der Waals surface area contributed by atoms with Crippen LogP contribution < -0.4 is 10.6 Å². The minimum absolute atomic E-state index is 0.0768. The molecule has 2 heterocycles. The van der Waals surface area contributed by atoms with Crippen LogP contribution in [0.2, 0.25) is 0 Å². The van der Waals surface area contributed by atoms with Gasteiger partial charge in [0, 0.05) is 29.7 Å². The first-order chi connectivity index (χ1) is 10.8. The number of thiophene rings is 1. The van der Waals surface area contributed by atoms with Crippen molar-refractivity contribution in [2.75, 3.05) is 0 Å². The highest BCUT2D eigenvalue weighted by Gasteiger charge is 2.15. The molecule has 4 nitrogen and oxygen atoms in total. The molecule has 0 saturated heterocycles. The Morgan fingerprint density at radius 2 is 2.14 bits per heavy atom. The minimum Gasteiger partial charge on any atom is -0.335 e. The third-order valence-corrected chi connectivity index (χ3v) is 4.75. The molecule has 0 atom stereocenters. The number of nitrogens with zero attached hydrogens (tertiary/aromatic N) is 1. The standard InChI is InChI=1S/C17H21N3OS/c21-17(20-15-6-2-1-3-7-15)19-11-13-5-4-9-18-16(13)14-8-10-22-12-14/h4-5,8-10,12,15H,1-3,6-7,11H2,(H2,19,20,21). The quantitative estimate of drug-likeness (QED) is 0.898. The van der Waals surface area contributed by atoms with Crippen LogP contribution >= 0.6 is 11.3 Å². The summed E-state index contributed by atoms with van der Waals surface area (Å²) in [5, 5.41) is 10.2. The smallest absolute Gasteiger partial charge is 0.315 e. The number of nitrogens with one attached hydrogen (secondary N) is 2. The monoisotopic (exact) mass is 315 g/mol. The lowest BCUT2D eigenvalue weighted by molar-refractivity contribution is 0.232. The summed E-state index contributed by atoms with van der Waals surface area (Å²) in [7, 11) is 0. The number of carbonyl (C=O) groups excluding carboxylic acids is 1. The van der Waals surface area contributed by atoms with Gasteiger partial charge in [0.25, 0.3) is 0 Å². The summed E-state index contributed by atoms with van der Waals surface area (Å²) in [6, 6.07) is 6.23. The summed E-state index contributed by atoms with van der Waals surface area (Å²) in [4.78, 5) is 16.5. The Balaban J connectivity index is 1.58. The molecule has 1 aliphatic carbocycles. The average Bonchev–Trinajstić information content (AvgIpc) is 3.08. The number of aromatic nitrogens is 1. The van der Waals surface area contributed by atoms with Gasteiger partial charge in [-0.2, -0.15) is 11.3 Å². The Morgan fingerprint density at radius 3 is 2.91 bits per heavy atom. The van der Waals surface area contributed by atoms with Crippen LogP contribution in [0.5, 0.6) is 0 Å². The van der Waals surface area contributed by atoms with Crippen LogP contribution in [0.25, 0.3) is 11.3 Å². The highest BCUT2D eigenvalue weighted by molar-refractivity contribution is 7.08. The number of carbonyl (C=O) groups is 1. The van der Waals surface area contributed by atoms with Gasteiger partial charge in [-0.15, -0.1) is 0 Å². The zero-order valence-electron chi connectivity index (χ0n) is 12.5. The minimum atomic E-state index is -0.0768. The first-order valence-corrected chi connectivity index (χ1v) is 8.78. The SMILES string of the molecule is O=C(NCc1cccnc1-c1ccsc1)NC1CCCCC1. The molecular formula is C17H21N3OS. The van der Waals surface area contributed by atoms with Gasteiger partial charge in [0.2, 0.25) is 0 Å². The largest absolute Gasteiger partial charge is 0.335 e. The van der Waals surface area contributed by atoms with Crippen LogP contribution in [0.4, 0.5) is 4.79 Å². The van der Waals surface area contributed by atoms with Crippen molar-refractivity contribution in [3.8, 4) is 11.3 Å². The molecule has 0 aromatic carbocycles. The molecule has 116 valence electrons. The van der Waals surface area contributed by atoms with E-state index in [9.17, 15) is 4.79 Å². The van der Waals surface area contributed by atoms with E-state index in [0.29, 0.717) is 12.6 Å². The molecule has 2 aromatic heterocycles. The molecule has 5 heteroatoms. The lowest BCUT2D eigenvalue weighted by Crippen LogP contribution is -2.42. The number of amides is 2.